The first-order valence-corrected chi connectivity index (χ1v) is 5.11. The maximum atomic E-state index is 12.2. The van der Waals surface area contributed by atoms with E-state index in [0.717, 1.165) is 19.2 Å². The Kier molecular flexibility index (Phi) is 2.91. The van der Waals surface area contributed by atoms with Crippen molar-refractivity contribution in [1.82, 2.24) is 9.55 Å². The van der Waals surface area contributed by atoms with Crippen LogP contribution in [0.3, 0.4) is 0 Å². The number of nitrogens with zero attached hydrogens (tertiary/aromatic N) is 2. The highest BCUT2D eigenvalue weighted by Crippen LogP contribution is 2.39. The zero-order chi connectivity index (χ0) is 12.6. The number of aromatic nitrogens is 2. The molecule has 0 amide bonds. The number of halogens is 2. The summed E-state index contributed by atoms with van der Waals surface area (Å²) in [7, 11) is 0. The van der Waals surface area contributed by atoms with Crippen molar-refractivity contribution in [2.75, 3.05) is 0 Å². The molecule has 5 nitrogen and oxygen atoms in total. The minimum absolute atomic E-state index is 0.0185. The molecule has 1 aromatic rings. The molecule has 0 spiro atoms. The fourth-order valence-corrected chi connectivity index (χ4v) is 1.65. The van der Waals surface area contributed by atoms with Gasteiger partial charge < -0.3 is 5.11 Å². The molecule has 0 bridgehead atoms. The molecule has 1 aliphatic carbocycles. The summed E-state index contributed by atoms with van der Waals surface area (Å²) in [5.41, 5.74) is -1.17. The fourth-order valence-electron chi connectivity index (χ4n) is 1.65. The monoisotopic (exact) mass is 244 g/mol. The lowest BCUT2D eigenvalue weighted by Crippen LogP contribution is -2.30. The molecule has 17 heavy (non-hydrogen) atoms. The molecule has 1 fully saturated rings. The van der Waals surface area contributed by atoms with Gasteiger partial charge in [-0.15, -0.1) is 0 Å². The maximum Gasteiger partial charge on any atom is 0.343 e. The van der Waals surface area contributed by atoms with Crippen molar-refractivity contribution < 1.29 is 18.7 Å². The zero-order valence-electron chi connectivity index (χ0n) is 8.77. The van der Waals surface area contributed by atoms with Crippen LogP contribution in [0.1, 0.15) is 34.8 Å². The first kappa shape index (κ1) is 11.7. The Morgan fingerprint density at radius 2 is 2.24 bits per heavy atom. The third kappa shape index (κ3) is 2.32. The highest BCUT2D eigenvalue weighted by molar-refractivity contribution is 5.88. The average Bonchev–Trinajstić information content (AvgIpc) is 3.02. The molecule has 0 saturated heterocycles. The van der Waals surface area contributed by atoms with Crippen LogP contribution >= 0.6 is 0 Å². The molecule has 1 aromatic heterocycles. The Balaban J connectivity index is 2.49. The van der Waals surface area contributed by atoms with Crippen molar-refractivity contribution in [3.8, 4) is 0 Å². The Hall–Kier alpha value is -1.79. The summed E-state index contributed by atoms with van der Waals surface area (Å²) in [4.78, 5) is 26.5. The molecule has 0 aromatic carbocycles. The minimum Gasteiger partial charge on any atom is -0.477 e. The molecule has 1 saturated carbocycles. The molecule has 0 unspecified atom stereocenters. The predicted octanol–water partition coefficient (Wildman–Crippen LogP) is 1.08. The number of hydrogen-bond donors (Lipinski definition) is 1. The van der Waals surface area contributed by atoms with Crippen LogP contribution in [0.25, 0.3) is 0 Å². The second-order valence-electron chi connectivity index (χ2n) is 3.93. The normalized spacial score (nSPS) is 15.2. The SMILES string of the molecule is O=C(O)c1c(C2CC2)ncn(CC(F)F)c1=O. The highest BCUT2D eigenvalue weighted by atomic mass is 19.3. The van der Waals surface area contributed by atoms with E-state index in [9.17, 15) is 18.4 Å². The molecule has 1 heterocycles. The van der Waals surface area contributed by atoms with Gasteiger partial charge in [0.25, 0.3) is 12.0 Å². The van der Waals surface area contributed by atoms with Crippen molar-refractivity contribution in [2.24, 2.45) is 0 Å². The van der Waals surface area contributed by atoms with Gasteiger partial charge in [0.05, 0.1) is 18.6 Å². The van der Waals surface area contributed by atoms with Crippen LogP contribution in [0.4, 0.5) is 8.78 Å². The Morgan fingerprint density at radius 1 is 1.59 bits per heavy atom. The quantitative estimate of drug-likeness (QED) is 0.860. The number of aromatic carboxylic acids is 1. The number of carboxylic acids is 1. The van der Waals surface area contributed by atoms with Crippen LogP contribution in [0.15, 0.2) is 11.1 Å². The van der Waals surface area contributed by atoms with Gasteiger partial charge in [-0.2, -0.15) is 0 Å². The van der Waals surface area contributed by atoms with E-state index in [-0.39, 0.29) is 11.6 Å². The Bertz CT molecular complexity index is 509. The first-order chi connectivity index (χ1) is 8.00. The molecule has 0 atom stereocenters. The van der Waals surface area contributed by atoms with Crippen LogP contribution in [0.5, 0.6) is 0 Å². The van der Waals surface area contributed by atoms with Gasteiger partial charge in [0.1, 0.15) is 5.56 Å². The first-order valence-electron chi connectivity index (χ1n) is 5.11. The summed E-state index contributed by atoms with van der Waals surface area (Å²) in [5.74, 6) is -1.43. The molecule has 2 rings (SSSR count). The largest absolute Gasteiger partial charge is 0.477 e. The van der Waals surface area contributed by atoms with Crippen LogP contribution in [0.2, 0.25) is 0 Å². The third-order valence-corrected chi connectivity index (χ3v) is 2.58. The Labute approximate surface area is 94.7 Å². The minimum atomic E-state index is -2.72. The molecular formula is C10H10F2N2O3. The standard InChI is InChI=1S/C10H10F2N2O3/c11-6(12)3-14-4-13-8(5-1-2-5)7(9(14)15)10(16)17/h4-6H,1-3H2,(H,16,17). The van der Waals surface area contributed by atoms with Gasteiger partial charge in [0.15, 0.2) is 0 Å². The molecule has 1 aliphatic rings. The van der Waals surface area contributed by atoms with E-state index >= 15 is 0 Å². The van der Waals surface area contributed by atoms with Crippen molar-refractivity contribution in [3.63, 3.8) is 0 Å². The third-order valence-electron chi connectivity index (χ3n) is 2.58. The number of hydrogen-bond acceptors (Lipinski definition) is 3. The summed E-state index contributed by atoms with van der Waals surface area (Å²) in [6.07, 6.45) is -0.158. The second kappa shape index (κ2) is 4.23. The van der Waals surface area contributed by atoms with E-state index in [0.29, 0.717) is 4.57 Å². The van der Waals surface area contributed by atoms with Crippen LogP contribution in [-0.4, -0.2) is 27.1 Å². The lowest BCUT2D eigenvalue weighted by molar-refractivity contribution is 0.0689. The fraction of sp³-hybridized carbons (Fsp3) is 0.500. The van der Waals surface area contributed by atoms with Gasteiger partial charge in [-0.1, -0.05) is 0 Å². The van der Waals surface area contributed by atoms with E-state index in [2.05, 4.69) is 4.98 Å². The topological polar surface area (TPSA) is 72.2 Å². The van der Waals surface area contributed by atoms with E-state index in [4.69, 9.17) is 5.11 Å². The van der Waals surface area contributed by atoms with Crippen molar-refractivity contribution in [3.05, 3.63) is 27.9 Å². The molecule has 0 aliphatic heterocycles. The molecule has 7 heteroatoms. The second-order valence-corrected chi connectivity index (χ2v) is 3.93. The predicted molar refractivity (Wildman–Crippen MR) is 53.4 cm³/mol. The van der Waals surface area contributed by atoms with Gasteiger partial charge in [0, 0.05) is 5.92 Å². The molecule has 92 valence electrons. The average molecular weight is 244 g/mol. The summed E-state index contributed by atoms with van der Waals surface area (Å²) in [5, 5.41) is 8.94. The van der Waals surface area contributed by atoms with E-state index < -0.39 is 30.1 Å². The van der Waals surface area contributed by atoms with E-state index in [1.807, 2.05) is 0 Å². The summed E-state index contributed by atoms with van der Waals surface area (Å²) in [6.45, 7) is -0.836. The van der Waals surface area contributed by atoms with Gasteiger partial charge >= 0.3 is 5.97 Å². The van der Waals surface area contributed by atoms with Crippen LogP contribution in [0, 0.1) is 0 Å². The summed E-state index contributed by atoms with van der Waals surface area (Å²) >= 11 is 0. The molecule has 1 N–H and O–H groups in total. The number of carbonyl (C=O) groups is 1. The number of alkyl halides is 2. The zero-order valence-corrected chi connectivity index (χ0v) is 8.77. The van der Waals surface area contributed by atoms with Gasteiger partial charge in [-0.25, -0.2) is 18.6 Å². The summed E-state index contributed by atoms with van der Waals surface area (Å²) in [6, 6.07) is 0. The molecule has 0 radical (unpaired) electrons. The lowest BCUT2D eigenvalue weighted by Gasteiger charge is -2.08. The lowest BCUT2D eigenvalue weighted by atomic mass is 10.1. The maximum absolute atomic E-state index is 12.2. The number of rotatable bonds is 4. The van der Waals surface area contributed by atoms with Crippen LogP contribution in [-0.2, 0) is 6.54 Å². The number of carboxylic acid groups (broad SMARTS) is 1. The van der Waals surface area contributed by atoms with E-state index in [1.165, 1.54) is 0 Å². The highest BCUT2D eigenvalue weighted by Gasteiger charge is 2.32. The van der Waals surface area contributed by atoms with Gasteiger partial charge in [-0.3, -0.25) is 9.36 Å². The van der Waals surface area contributed by atoms with Crippen LogP contribution < -0.4 is 5.56 Å². The smallest absolute Gasteiger partial charge is 0.343 e. The summed E-state index contributed by atoms with van der Waals surface area (Å²) < 4.78 is 25.0. The Morgan fingerprint density at radius 3 is 2.71 bits per heavy atom. The van der Waals surface area contributed by atoms with Gasteiger partial charge in [-0.05, 0) is 12.8 Å². The van der Waals surface area contributed by atoms with Gasteiger partial charge in [0.2, 0.25) is 0 Å². The van der Waals surface area contributed by atoms with Crippen molar-refractivity contribution in [1.29, 1.82) is 0 Å². The molecular weight excluding hydrogens is 234 g/mol. The van der Waals surface area contributed by atoms with E-state index in [1.54, 1.807) is 0 Å². The van der Waals surface area contributed by atoms with Crippen molar-refractivity contribution in [2.45, 2.75) is 31.7 Å². The van der Waals surface area contributed by atoms with Crippen molar-refractivity contribution >= 4 is 5.97 Å².